The maximum atomic E-state index is 11.8. The Hall–Kier alpha value is -0.570. The first-order valence-electron chi connectivity index (χ1n) is 6.60. The molecule has 16 heavy (non-hydrogen) atoms. The van der Waals surface area contributed by atoms with E-state index in [9.17, 15) is 4.79 Å². The molecule has 1 fully saturated rings. The minimum Gasteiger partial charge on any atom is -0.323 e. The highest BCUT2D eigenvalue weighted by Gasteiger charge is 2.33. The lowest BCUT2D eigenvalue weighted by atomic mass is 10.1. The summed E-state index contributed by atoms with van der Waals surface area (Å²) < 4.78 is 0. The molecule has 2 unspecified atom stereocenters. The predicted molar refractivity (Wildman–Crippen MR) is 67.1 cm³/mol. The number of unbranched alkanes of at least 4 members (excludes halogenated alkanes) is 1. The summed E-state index contributed by atoms with van der Waals surface area (Å²) in [5, 5.41) is 3.32. The SMILES string of the molecule is CCCCC(C)N1C(=O)CNC1CC(C)C. The van der Waals surface area contributed by atoms with E-state index < -0.39 is 0 Å². The summed E-state index contributed by atoms with van der Waals surface area (Å²) in [4.78, 5) is 13.9. The molecular formula is C13H26N2O. The Morgan fingerprint density at radius 3 is 2.69 bits per heavy atom. The van der Waals surface area contributed by atoms with Crippen molar-refractivity contribution in [1.82, 2.24) is 10.2 Å². The van der Waals surface area contributed by atoms with E-state index in [1.165, 1.54) is 12.8 Å². The first-order valence-corrected chi connectivity index (χ1v) is 6.60. The van der Waals surface area contributed by atoms with E-state index in [2.05, 4.69) is 37.9 Å². The van der Waals surface area contributed by atoms with E-state index in [1.54, 1.807) is 0 Å². The van der Waals surface area contributed by atoms with E-state index in [0.717, 1.165) is 12.8 Å². The lowest BCUT2D eigenvalue weighted by Gasteiger charge is -2.31. The van der Waals surface area contributed by atoms with Gasteiger partial charge < -0.3 is 4.90 Å². The molecule has 3 heteroatoms. The van der Waals surface area contributed by atoms with Crippen LogP contribution in [0.15, 0.2) is 0 Å². The lowest BCUT2D eigenvalue weighted by Crippen LogP contribution is -2.44. The molecule has 0 spiro atoms. The monoisotopic (exact) mass is 226 g/mol. The Kier molecular flexibility index (Phi) is 5.26. The average Bonchev–Trinajstić information content (AvgIpc) is 2.55. The van der Waals surface area contributed by atoms with Gasteiger partial charge in [-0.25, -0.2) is 0 Å². The van der Waals surface area contributed by atoms with E-state index in [-0.39, 0.29) is 12.1 Å². The molecule has 1 saturated heterocycles. The van der Waals surface area contributed by atoms with E-state index in [4.69, 9.17) is 0 Å². The van der Waals surface area contributed by atoms with E-state index in [1.807, 2.05) is 0 Å². The number of amides is 1. The van der Waals surface area contributed by atoms with Gasteiger partial charge in [-0.2, -0.15) is 0 Å². The van der Waals surface area contributed by atoms with Crippen molar-refractivity contribution < 1.29 is 4.79 Å². The molecule has 1 rings (SSSR count). The fourth-order valence-corrected chi connectivity index (χ4v) is 2.40. The van der Waals surface area contributed by atoms with Crippen LogP contribution in [-0.2, 0) is 4.79 Å². The molecule has 0 aromatic heterocycles. The summed E-state index contributed by atoms with van der Waals surface area (Å²) >= 11 is 0. The van der Waals surface area contributed by atoms with Crippen molar-refractivity contribution >= 4 is 5.91 Å². The van der Waals surface area contributed by atoms with Gasteiger partial charge in [0.05, 0.1) is 12.7 Å². The van der Waals surface area contributed by atoms with Crippen molar-refractivity contribution in [2.45, 2.75) is 65.6 Å². The van der Waals surface area contributed by atoms with Gasteiger partial charge in [0.1, 0.15) is 0 Å². The number of nitrogens with zero attached hydrogens (tertiary/aromatic N) is 1. The van der Waals surface area contributed by atoms with Gasteiger partial charge in [-0.1, -0.05) is 33.6 Å². The second-order valence-electron chi connectivity index (χ2n) is 5.32. The van der Waals surface area contributed by atoms with Gasteiger partial charge >= 0.3 is 0 Å². The third kappa shape index (κ3) is 3.48. The van der Waals surface area contributed by atoms with Crippen molar-refractivity contribution in [3.8, 4) is 0 Å². The quantitative estimate of drug-likeness (QED) is 0.754. The van der Waals surface area contributed by atoms with Crippen molar-refractivity contribution in [3.63, 3.8) is 0 Å². The maximum Gasteiger partial charge on any atom is 0.238 e. The highest BCUT2D eigenvalue weighted by atomic mass is 16.2. The molecule has 0 aliphatic carbocycles. The van der Waals surface area contributed by atoms with Gasteiger partial charge in [-0.3, -0.25) is 10.1 Å². The third-order valence-electron chi connectivity index (χ3n) is 3.26. The van der Waals surface area contributed by atoms with Crippen LogP contribution in [0.25, 0.3) is 0 Å². The van der Waals surface area contributed by atoms with Crippen molar-refractivity contribution in [2.24, 2.45) is 5.92 Å². The maximum absolute atomic E-state index is 11.8. The molecule has 1 N–H and O–H groups in total. The summed E-state index contributed by atoms with van der Waals surface area (Å²) in [5.41, 5.74) is 0. The normalized spacial score (nSPS) is 23.2. The zero-order chi connectivity index (χ0) is 12.1. The van der Waals surface area contributed by atoms with Gasteiger partial charge in [0.25, 0.3) is 0 Å². The van der Waals surface area contributed by atoms with Gasteiger partial charge in [0.15, 0.2) is 0 Å². The van der Waals surface area contributed by atoms with Crippen LogP contribution in [0.3, 0.4) is 0 Å². The topological polar surface area (TPSA) is 32.3 Å². The van der Waals surface area contributed by atoms with Crippen LogP contribution in [0, 0.1) is 5.92 Å². The van der Waals surface area contributed by atoms with Gasteiger partial charge in [-0.05, 0) is 25.7 Å². The highest BCUT2D eigenvalue weighted by Crippen LogP contribution is 2.19. The van der Waals surface area contributed by atoms with Gasteiger partial charge in [-0.15, -0.1) is 0 Å². The summed E-state index contributed by atoms with van der Waals surface area (Å²) in [6.07, 6.45) is 4.86. The molecule has 0 bridgehead atoms. The Bertz CT molecular complexity index is 228. The zero-order valence-electron chi connectivity index (χ0n) is 11.1. The Labute approximate surface area is 99.6 Å². The minimum atomic E-state index is 0.263. The third-order valence-corrected chi connectivity index (χ3v) is 3.26. The average molecular weight is 226 g/mol. The summed E-state index contributed by atoms with van der Waals surface area (Å²) in [5.74, 6) is 0.901. The molecule has 0 aromatic rings. The lowest BCUT2D eigenvalue weighted by molar-refractivity contribution is -0.130. The molecular weight excluding hydrogens is 200 g/mol. The second-order valence-corrected chi connectivity index (χ2v) is 5.32. The molecule has 3 nitrogen and oxygen atoms in total. The largest absolute Gasteiger partial charge is 0.323 e. The van der Waals surface area contributed by atoms with E-state index in [0.29, 0.717) is 18.5 Å². The van der Waals surface area contributed by atoms with Crippen LogP contribution in [-0.4, -0.2) is 29.6 Å². The number of rotatable bonds is 6. The van der Waals surface area contributed by atoms with Crippen molar-refractivity contribution in [1.29, 1.82) is 0 Å². The van der Waals surface area contributed by atoms with Crippen molar-refractivity contribution in [2.75, 3.05) is 6.54 Å². The number of hydrogen-bond acceptors (Lipinski definition) is 2. The van der Waals surface area contributed by atoms with Crippen LogP contribution < -0.4 is 5.32 Å². The Morgan fingerprint density at radius 2 is 2.12 bits per heavy atom. The van der Waals surface area contributed by atoms with Gasteiger partial charge in [0.2, 0.25) is 5.91 Å². The highest BCUT2D eigenvalue weighted by molar-refractivity contribution is 5.80. The number of hydrogen-bond donors (Lipinski definition) is 1. The minimum absolute atomic E-state index is 0.263. The van der Waals surface area contributed by atoms with Crippen LogP contribution in [0.5, 0.6) is 0 Å². The molecule has 0 radical (unpaired) electrons. The zero-order valence-corrected chi connectivity index (χ0v) is 11.1. The molecule has 2 atom stereocenters. The fraction of sp³-hybridized carbons (Fsp3) is 0.923. The number of carbonyl (C=O) groups is 1. The van der Waals surface area contributed by atoms with Crippen LogP contribution in [0.4, 0.5) is 0 Å². The molecule has 1 aliphatic rings. The summed E-state index contributed by atoms with van der Waals surface area (Å²) in [6.45, 7) is 9.31. The molecule has 0 saturated carbocycles. The standard InChI is InChI=1S/C13H26N2O/c1-5-6-7-11(4)15-12(8-10(2)3)14-9-13(15)16/h10-12,14H,5-9H2,1-4H3. The number of nitrogens with one attached hydrogen (secondary N) is 1. The predicted octanol–water partition coefficient (Wildman–Crippen LogP) is 2.37. The summed E-state index contributed by atoms with van der Waals surface area (Å²) in [7, 11) is 0. The van der Waals surface area contributed by atoms with Crippen molar-refractivity contribution in [3.05, 3.63) is 0 Å². The summed E-state index contributed by atoms with van der Waals surface area (Å²) in [6, 6.07) is 0.381. The molecule has 94 valence electrons. The Balaban J connectivity index is 2.54. The van der Waals surface area contributed by atoms with Gasteiger partial charge in [0, 0.05) is 6.04 Å². The second kappa shape index (κ2) is 6.24. The first-order chi connectivity index (χ1) is 7.56. The van der Waals surface area contributed by atoms with Crippen LogP contribution in [0.2, 0.25) is 0 Å². The number of carbonyl (C=O) groups excluding carboxylic acids is 1. The molecule has 1 aliphatic heterocycles. The molecule has 1 heterocycles. The van der Waals surface area contributed by atoms with Crippen LogP contribution in [0.1, 0.15) is 53.4 Å². The smallest absolute Gasteiger partial charge is 0.238 e. The van der Waals surface area contributed by atoms with E-state index >= 15 is 0 Å². The molecule has 1 amide bonds. The van der Waals surface area contributed by atoms with Crippen LogP contribution >= 0.6 is 0 Å². The Morgan fingerprint density at radius 1 is 1.44 bits per heavy atom. The molecule has 0 aromatic carbocycles. The fourth-order valence-electron chi connectivity index (χ4n) is 2.40. The first kappa shape index (κ1) is 13.5.